The van der Waals surface area contributed by atoms with Gasteiger partial charge in [0.25, 0.3) is 0 Å². The number of rotatable bonds is 6. The number of benzene rings is 1. The number of nitrogens with zero attached hydrogens (tertiary/aromatic N) is 3. The smallest absolute Gasteiger partial charge is 0.233 e. The maximum Gasteiger partial charge on any atom is 0.233 e. The number of amides is 2. The molecule has 1 aliphatic heterocycles. The summed E-state index contributed by atoms with van der Waals surface area (Å²) in [5, 5.41) is 4.12. The average molecular weight is 341 g/mol. The van der Waals surface area contributed by atoms with E-state index in [9.17, 15) is 9.59 Å². The Morgan fingerprint density at radius 1 is 1.28 bits per heavy atom. The topological polar surface area (TPSA) is 64.4 Å². The van der Waals surface area contributed by atoms with Crippen molar-refractivity contribution in [3.63, 3.8) is 0 Å². The van der Waals surface area contributed by atoms with Gasteiger partial charge in [0.15, 0.2) is 0 Å². The van der Waals surface area contributed by atoms with Gasteiger partial charge in [0.2, 0.25) is 11.8 Å². The third-order valence-corrected chi connectivity index (χ3v) is 4.19. The Morgan fingerprint density at radius 3 is 2.76 bits per heavy atom. The third-order valence-electron chi connectivity index (χ3n) is 4.19. The van der Waals surface area contributed by atoms with Crippen molar-refractivity contribution >= 4 is 11.8 Å². The average Bonchev–Trinajstić information content (AvgIpc) is 3.06. The largest absolute Gasteiger partial charge is 0.491 e. The van der Waals surface area contributed by atoms with Gasteiger partial charge in [-0.3, -0.25) is 19.2 Å². The zero-order valence-electron chi connectivity index (χ0n) is 14.8. The van der Waals surface area contributed by atoms with Crippen molar-refractivity contribution in [1.82, 2.24) is 14.7 Å². The van der Waals surface area contributed by atoms with Crippen molar-refractivity contribution < 1.29 is 14.3 Å². The van der Waals surface area contributed by atoms with Gasteiger partial charge in [-0.05, 0) is 43.5 Å². The molecule has 2 heterocycles. The van der Waals surface area contributed by atoms with E-state index in [-0.39, 0.29) is 36.8 Å². The van der Waals surface area contributed by atoms with Crippen LogP contribution in [0.25, 0.3) is 0 Å². The van der Waals surface area contributed by atoms with Crippen molar-refractivity contribution in [3.05, 3.63) is 47.8 Å². The van der Waals surface area contributed by atoms with E-state index in [1.165, 1.54) is 4.90 Å². The number of hydrogen-bond donors (Lipinski definition) is 0. The summed E-state index contributed by atoms with van der Waals surface area (Å²) in [5.41, 5.74) is 1.87. The highest BCUT2D eigenvalue weighted by molar-refractivity contribution is 6.03. The van der Waals surface area contributed by atoms with Crippen LogP contribution in [0.15, 0.2) is 36.7 Å². The van der Waals surface area contributed by atoms with Crippen LogP contribution in [0.4, 0.5) is 0 Å². The molecule has 1 aromatic heterocycles. The summed E-state index contributed by atoms with van der Waals surface area (Å²) in [6.07, 6.45) is 4.51. The molecule has 6 heteroatoms. The van der Waals surface area contributed by atoms with Crippen LogP contribution in [0.2, 0.25) is 0 Å². The standard InChI is InChI=1S/C19H23N3O3/c1-13(2)25-17-6-4-5-14(8-17)12-22-18(23)9-16(19(22)24)7-15-10-20-21(3)11-15/h4-6,8,10-11,13,16H,7,9,12H2,1-3H3. The zero-order chi connectivity index (χ0) is 18.0. The minimum Gasteiger partial charge on any atom is -0.491 e. The van der Waals surface area contributed by atoms with Crippen molar-refractivity contribution in [2.75, 3.05) is 0 Å². The Kier molecular flexibility index (Phi) is 4.88. The molecule has 1 aliphatic rings. The number of aromatic nitrogens is 2. The fourth-order valence-corrected chi connectivity index (χ4v) is 3.11. The number of aryl methyl sites for hydroxylation is 1. The Hall–Kier alpha value is -2.63. The summed E-state index contributed by atoms with van der Waals surface area (Å²) in [5.74, 6) is 0.225. The van der Waals surface area contributed by atoms with Gasteiger partial charge in [0, 0.05) is 19.7 Å². The van der Waals surface area contributed by atoms with E-state index in [4.69, 9.17) is 4.74 Å². The number of carbonyl (C=O) groups excluding carboxylic acids is 2. The lowest BCUT2D eigenvalue weighted by Crippen LogP contribution is -2.30. The maximum absolute atomic E-state index is 12.6. The molecule has 1 unspecified atom stereocenters. The molecule has 6 nitrogen and oxygen atoms in total. The second-order valence-corrected chi connectivity index (χ2v) is 6.76. The summed E-state index contributed by atoms with van der Waals surface area (Å²) in [4.78, 5) is 26.3. The Balaban J connectivity index is 1.68. The first-order chi connectivity index (χ1) is 11.9. The molecular formula is C19H23N3O3. The first-order valence-electron chi connectivity index (χ1n) is 8.49. The van der Waals surface area contributed by atoms with Gasteiger partial charge in [-0.2, -0.15) is 5.10 Å². The molecule has 2 aromatic rings. The molecule has 0 saturated carbocycles. The van der Waals surface area contributed by atoms with E-state index in [2.05, 4.69) is 5.10 Å². The molecule has 0 radical (unpaired) electrons. The number of likely N-dealkylation sites (tertiary alicyclic amines) is 1. The number of hydrogen-bond acceptors (Lipinski definition) is 4. The fourth-order valence-electron chi connectivity index (χ4n) is 3.11. The lowest BCUT2D eigenvalue weighted by molar-refractivity contribution is -0.140. The zero-order valence-corrected chi connectivity index (χ0v) is 14.8. The summed E-state index contributed by atoms with van der Waals surface area (Å²) < 4.78 is 7.38. The van der Waals surface area contributed by atoms with Crippen LogP contribution in [0.1, 0.15) is 31.4 Å². The Morgan fingerprint density at radius 2 is 2.08 bits per heavy atom. The van der Waals surface area contributed by atoms with Crippen molar-refractivity contribution in [2.45, 2.75) is 39.3 Å². The molecule has 0 N–H and O–H groups in total. The van der Waals surface area contributed by atoms with Crippen LogP contribution in [-0.2, 0) is 29.6 Å². The van der Waals surface area contributed by atoms with Crippen LogP contribution >= 0.6 is 0 Å². The molecule has 132 valence electrons. The number of carbonyl (C=O) groups is 2. The third kappa shape index (κ3) is 4.07. The highest BCUT2D eigenvalue weighted by Gasteiger charge is 2.38. The first kappa shape index (κ1) is 17.2. The summed E-state index contributed by atoms with van der Waals surface area (Å²) in [7, 11) is 1.84. The van der Waals surface area contributed by atoms with Gasteiger partial charge >= 0.3 is 0 Å². The van der Waals surface area contributed by atoms with Crippen molar-refractivity contribution in [1.29, 1.82) is 0 Å². The van der Waals surface area contributed by atoms with Gasteiger partial charge in [0.05, 0.1) is 24.8 Å². The van der Waals surface area contributed by atoms with Crippen LogP contribution in [0.3, 0.4) is 0 Å². The monoisotopic (exact) mass is 341 g/mol. The maximum atomic E-state index is 12.6. The summed E-state index contributed by atoms with van der Waals surface area (Å²) in [6, 6.07) is 7.55. The molecule has 1 aromatic carbocycles. The SMILES string of the molecule is CC(C)Oc1cccc(CN2C(=O)CC(Cc3cnn(C)c3)C2=O)c1. The van der Waals surface area contributed by atoms with Crippen molar-refractivity contribution in [2.24, 2.45) is 13.0 Å². The molecule has 2 amide bonds. The molecule has 0 spiro atoms. The molecule has 3 rings (SSSR count). The van der Waals surface area contributed by atoms with E-state index in [1.54, 1.807) is 10.9 Å². The lowest BCUT2D eigenvalue weighted by Gasteiger charge is -2.16. The Labute approximate surface area is 147 Å². The van der Waals surface area contributed by atoms with Gasteiger partial charge in [-0.25, -0.2) is 0 Å². The van der Waals surface area contributed by atoms with E-state index in [0.29, 0.717) is 6.42 Å². The lowest BCUT2D eigenvalue weighted by atomic mass is 10.0. The predicted molar refractivity (Wildman–Crippen MR) is 92.8 cm³/mol. The van der Waals surface area contributed by atoms with E-state index in [0.717, 1.165) is 16.9 Å². The van der Waals surface area contributed by atoms with Crippen LogP contribution in [-0.4, -0.2) is 32.6 Å². The van der Waals surface area contributed by atoms with Gasteiger partial charge in [-0.1, -0.05) is 12.1 Å². The quantitative estimate of drug-likeness (QED) is 0.757. The fraction of sp³-hybridized carbons (Fsp3) is 0.421. The highest BCUT2D eigenvalue weighted by Crippen LogP contribution is 2.26. The minimum absolute atomic E-state index is 0.0779. The second kappa shape index (κ2) is 7.09. The molecular weight excluding hydrogens is 318 g/mol. The van der Waals surface area contributed by atoms with Crippen LogP contribution in [0, 0.1) is 5.92 Å². The van der Waals surface area contributed by atoms with E-state index < -0.39 is 0 Å². The molecule has 1 fully saturated rings. The first-order valence-corrected chi connectivity index (χ1v) is 8.49. The van der Waals surface area contributed by atoms with E-state index >= 15 is 0 Å². The van der Waals surface area contributed by atoms with Crippen LogP contribution in [0.5, 0.6) is 5.75 Å². The van der Waals surface area contributed by atoms with Gasteiger partial charge in [-0.15, -0.1) is 0 Å². The Bertz CT molecular complexity index is 782. The number of ether oxygens (including phenoxy) is 1. The molecule has 1 saturated heterocycles. The minimum atomic E-state index is -0.299. The van der Waals surface area contributed by atoms with Crippen LogP contribution < -0.4 is 4.74 Å². The predicted octanol–water partition coefficient (Wildman–Crippen LogP) is 2.33. The van der Waals surface area contributed by atoms with Crippen molar-refractivity contribution in [3.8, 4) is 5.75 Å². The van der Waals surface area contributed by atoms with Gasteiger partial charge in [0.1, 0.15) is 5.75 Å². The van der Waals surface area contributed by atoms with E-state index in [1.807, 2.05) is 51.4 Å². The number of imide groups is 1. The summed E-state index contributed by atoms with van der Waals surface area (Å²) >= 11 is 0. The highest BCUT2D eigenvalue weighted by atomic mass is 16.5. The second-order valence-electron chi connectivity index (χ2n) is 6.76. The normalized spacial score (nSPS) is 17.6. The molecule has 1 atom stereocenters. The molecule has 25 heavy (non-hydrogen) atoms. The molecule has 0 bridgehead atoms. The summed E-state index contributed by atoms with van der Waals surface area (Å²) in [6.45, 7) is 4.21. The molecule has 0 aliphatic carbocycles. The van der Waals surface area contributed by atoms with Gasteiger partial charge < -0.3 is 4.74 Å².